The predicted octanol–water partition coefficient (Wildman–Crippen LogP) is 3.72. The lowest BCUT2D eigenvalue weighted by Crippen LogP contribution is -2.46. The fraction of sp³-hybridized carbons (Fsp3) is 0.318. The van der Waals surface area contributed by atoms with Crippen molar-refractivity contribution in [1.29, 1.82) is 0 Å². The summed E-state index contributed by atoms with van der Waals surface area (Å²) in [5.74, 6) is -0.521. The zero-order valence-electron chi connectivity index (χ0n) is 16.3. The van der Waals surface area contributed by atoms with E-state index in [9.17, 15) is 14.4 Å². The Morgan fingerprint density at radius 2 is 1.69 bits per heavy atom. The van der Waals surface area contributed by atoms with Gasteiger partial charge in [0, 0.05) is 34.9 Å². The lowest BCUT2D eigenvalue weighted by Gasteiger charge is -2.24. The minimum atomic E-state index is -0.418. The molecule has 1 atom stereocenters. The minimum Gasteiger partial charge on any atom is -0.354 e. The van der Waals surface area contributed by atoms with Crippen LogP contribution >= 0.6 is 11.6 Å². The molecule has 1 saturated heterocycles. The number of amides is 3. The van der Waals surface area contributed by atoms with Crippen LogP contribution in [0.5, 0.6) is 0 Å². The van der Waals surface area contributed by atoms with Crippen molar-refractivity contribution < 1.29 is 14.4 Å². The topological polar surface area (TPSA) is 78.5 Å². The van der Waals surface area contributed by atoms with Crippen LogP contribution in [0.4, 0.5) is 5.69 Å². The Balaban J connectivity index is 1.64. The molecule has 0 radical (unpaired) electrons. The normalized spacial score (nSPS) is 15.8. The molecule has 2 N–H and O–H groups in total. The van der Waals surface area contributed by atoms with Crippen molar-refractivity contribution in [2.75, 3.05) is 18.4 Å². The van der Waals surface area contributed by atoms with Crippen molar-refractivity contribution >= 4 is 35.0 Å². The fourth-order valence-corrected chi connectivity index (χ4v) is 3.44. The molecule has 0 saturated carbocycles. The molecular formula is C22H24ClN3O3. The van der Waals surface area contributed by atoms with Gasteiger partial charge >= 0.3 is 0 Å². The Hall–Kier alpha value is -2.86. The number of nitrogens with zero attached hydrogens (tertiary/aromatic N) is 1. The van der Waals surface area contributed by atoms with E-state index in [4.69, 9.17) is 11.6 Å². The van der Waals surface area contributed by atoms with Gasteiger partial charge in [0.05, 0.1) is 0 Å². The molecule has 3 amide bonds. The van der Waals surface area contributed by atoms with Gasteiger partial charge in [-0.05, 0) is 67.8 Å². The summed E-state index contributed by atoms with van der Waals surface area (Å²) in [6.45, 7) is 3.17. The van der Waals surface area contributed by atoms with E-state index >= 15 is 0 Å². The van der Waals surface area contributed by atoms with Gasteiger partial charge in [-0.2, -0.15) is 0 Å². The third-order valence-corrected chi connectivity index (χ3v) is 5.11. The van der Waals surface area contributed by atoms with Gasteiger partial charge in [0.2, 0.25) is 5.91 Å². The average molecular weight is 414 g/mol. The first-order chi connectivity index (χ1) is 14.0. The summed E-state index contributed by atoms with van der Waals surface area (Å²) in [7, 11) is 0. The van der Waals surface area contributed by atoms with E-state index in [0.717, 1.165) is 12.8 Å². The van der Waals surface area contributed by atoms with Gasteiger partial charge in [-0.25, -0.2) is 0 Å². The number of carbonyl (C=O) groups is 3. The van der Waals surface area contributed by atoms with Gasteiger partial charge in [0.1, 0.15) is 6.04 Å². The molecule has 7 heteroatoms. The largest absolute Gasteiger partial charge is 0.354 e. The van der Waals surface area contributed by atoms with Crippen LogP contribution in [0, 0.1) is 0 Å². The number of anilines is 1. The number of benzene rings is 2. The molecule has 0 aliphatic carbocycles. The molecule has 2 aromatic rings. The smallest absolute Gasteiger partial charge is 0.255 e. The Kier molecular flexibility index (Phi) is 6.88. The molecular weight excluding hydrogens is 390 g/mol. The lowest BCUT2D eigenvalue weighted by molar-refractivity contribution is -0.124. The predicted molar refractivity (Wildman–Crippen MR) is 113 cm³/mol. The summed E-state index contributed by atoms with van der Waals surface area (Å²) in [6.07, 6.45) is 2.34. The molecule has 0 unspecified atom stereocenters. The quantitative estimate of drug-likeness (QED) is 0.757. The first-order valence-electron chi connectivity index (χ1n) is 9.75. The number of halogens is 1. The van der Waals surface area contributed by atoms with Crippen molar-refractivity contribution in [2.24, 2.45) is 0 Å². The van der Waals surface area contributed by atoms with Gasteiger partial charge in [0.25, 0.3) is 11.8 Å². The molecule has 3 rings (SSSR count). The van der Waals surface area contributed by atoms with E-state index in [1.54, 1.807) is 53.4 Å². The molecule has 1 aliphatic heterocycles. The highest BCUT2D eigenvalue weighted by atomic mass is 35.5. The first-order valence-corrected chi connectivity index (χ1v) is 10.1. The highest BCUT2D eigenvalue weighted by Crippen LogP contribution is 2.21. The second-order valence-corrected chi connectivity index (χ2v) is 7.42. The average Bonchev–Trinajstić information content (AvgIpc) is 3.22. The summed E-state index contributed by atoms with van der Waals surface area (Å²) in [5.41, 5.74) is 1.57. The minimum absolute atomic E-state index is 0.0930. The molecule has 1 fully saturated rings. The van der Waals surface area contributed by atoms with Crippen LogP contribution in [0.15, 0.2) is 48.5 Å². The second kappa shape index (κ2) is 9.56. The molecule has 0 bridgehead atoms. The number of carbonyl (C=O) groups excluding carboxylic acids is 3. The van der Waals surface area contributed by atoms with Crippen LogP contribution in [-0.2, 0) is 4.79 Å². The van der Waals surface area contributed by atoms with E-state index in [2.05, 4.69) is 10.6 Å². The lowest BCUT2D eigenvalue weighted by atomic mass is 10.1. The SMILES string of the molecule is CCCNC(=O)[C@H]1CCCN1C(=O)c1ccc(NC(=O)c2ccc(Cl)cc2)cc1. The van der Waals surface area contributed by atoms with Gasteiger partial charge in [-0.15, -0.1) is 0 Å². The van der Waals surface area contributed by atoms with Crippen molar-refractivity contribution in [3.8, 4) is 0 Å². The summed E-state index contributed by atoms with van der Waals surface area (Å²) >= 11 is 5.84. The first kappa shape index (κ1) is 20.9. The van der Waals surface area contributed by atoms with Gasteiger partial charge in [-0.1, -0.05) is 18.5 Å². The van der Waals surface area contributed by atoms with Crippen LogP contribution in [0.3, 0.4) is 0 Å². The van der Waals surface area contributed by atoms with Crippen molar-refractivity contribution in [2.45, 2.75) is 32.2 Å². The van der Waals surface area contributed by atoms with Crippen LogP contribution < -0.4 is 10.6 Å². The van der Waals surface area contributed by atoms with E-state index in [1.165, 1.54) is 0 Å². The van der Waals surface area contributed by atoms with Crippen molar-refractivity contribution in [3.05, 3.63) is 64.7 Å². The van der Waals surface area contributed by atoms with E-state index in [1.807, 2.05) is 6.92 Å². The maximum Gasteiger partial charge on any atom is 0.255 e. The van der Waals surface area contributed by atoms with Crippen LogP contribution in [0.2, 0.25) is 5.02 Å². The zero-order valence-corrected chi connectivity index (χ0v) is 17.0. The summed E-state index contributed by atoms with van der Waals surface area (Å²) in [6, 6.07) is 12.9. The Labute approximate surface area is 175 Å². The fourth-order valence-electron chi connectivity index (χ4n) is 3.31. The summed E-state index contributed by atoms with van der Waals surface area (Å²) in [4.78, 5) is 39.1. The third kappa shape index (κ3) is 5.15. The number of rotatable bonds is 6. The number of hydrogen-bond acceptors (Lipinski definition) is 3. The van der Waals surface area contributed by atoms with Gasteiger partial charge in [0.15, 0.2) is 0 Å². The highest BCUT2D eigenvalue weighted by molar-refractivity contribution is 6.30. The van der Waals surface area contributed by atoms with Crippen molar-refractivity contribution in [3.63, 3.8) is 0 Å². The Morgan fingerprint density at radius 3 is 2.34 bits per heavy atom. The number of likely N-dealkylation sites (tertiary alicyclic amines) is 1. The number of nitrogens with one attached hydrogen (secondary N) is 2. The molecule has 29 heavy (non-hydrogen) atoms. The van der Waals surface area contributed by atoms with Gasteiger partial charge < -0.3 is 15.5 Å². The number of hydrogen-bond donors (Lipinski definition) is 2. The molecule has 0 spiro atoms. The Bertz CT molecular complexity index is 881. The van der Waals surface area contributed by atoms with Crippen LogP contribution in [0.25, 0.3) is 0 Å². The molecule has 6 nitrogen and oxygen atoms in total. The molecule has 1 heterocycles. The monoisotopic (exact) mass is 413 g/mol. The van der Waals surface area contributed by atoms with Crippen LogP contribution in [0.1, 0.15) is 46.9 Å². The van der Waals surface area contributed by atoms with E-state index in [0.29, 0.717) is 41.3 Å². The second-order valence-electron chi connectivity index (χ2n) is 6.99. The maximum atomic E-state index is 12.9. The standard InChI is InChI=1S/C22H24ClN3O3/c1-2-13-24-21(28)19-4-3-14-26(19)22(29)16-7-11-18(12-8-16)25-20(27)15-5-9-17(23)10-6-15/h5-12,19H,2-4,13-14H2,1H3,(H,24,28)(H,25,27)/t19-/m1/s1. The van der Waals surface area contributed by atoms with E-state index < -0.39 is 6.04 Å². The highest BCUT2D eigenvalue weighted by Gasteiger charge is 2.34. The van der Waals surface area contributed by atoms with E-state index in [-0.39, 0.29) is 17.7 Å². The van der Waals surface area contributed by atoms with Crippen LogP contribution in [-0.4, -0.2) is 41.8 Å². The molecule has 1 aliphatic rings. The summed E-state index contributed by atoms with van der Waals surface area (Å²) < 4.78 is 0. The molecule has 2 aromatic carbocycles. The maximum absolute atomic E-state index is 12.9. The zero-order chi connectivity index (χ0) is 20.8. The Morgan fingerprint density at radius 1 is 1.03 bits per heavy atom. The van der Waals surface area contributed by atoms with Crippen molar-refractivity contribution in [1.82, 2.24) is 10.2 Å². The third-order valence-electron chi connectivity index (χ3n) is 4.86. The summed E-state index contributed by atoms with van der Waals surface area (Å²) in [5, 5.41) is 6.23. The molecule has 0 aromatic heterocycles. The van der Waals surface area contributed by atoms with Gasteiger partial charge in [-0.3, -0.25) is 14.4 Å². The molecule has 152 valence electrons.